The highest BCUT2D eigenvalue weighted by Gasteiger charge is 2.41. The van der Waals surface area contributed by atoms with Gasteiger partial charge < -0.3 is 4.90 Å². The van der Waals surface area contributed by atoms with E-state index in [-0.39, 0.29) is 16.5 Å². The molecule has 0 bridgehead atoms. The Morgan fingerprint density at radius 3 is 2.37 bits per heavy atom. The monoisotopic (exact) mass is 277 g/mol. The second-order valence-electron chi connectivity index (χ2n) is 5.12. The van der Waals surface area contributed by atoms with Gasteiger partial charge in [0, 0.05) is 24.6 Å². The first-order valence-corrected chi connectivity index (χ1v) is 7.53. The number of piperidine rings is 1. The first-order chi connectivity index (χ1) is 9.24. The van der Waals surface area contributed by atoms with Crippen LogP contribution in [0.15, 0.2) is 30.3 Å². The number of likely N-dealkylation sites (tertiary alicyclic amines) is 1. The molecular formula is C14H17N2O2S+. The number of thioether (sulfide) groups is 1. The number of hydrogen-bond acceptors (Lipinski definition) is 3. The Balaban J connectivity index is 1.61. The quantitative estimate of drug-likeness (QED) is 0.839. The van der Waals surface area contributed by atoms with Crippen LogP contribution >= 0.6 is 11.8 Å². The molecule has 1 aromatic rings. The molecule has 0 spiro atoms. The highest BCUT2D eigenvalue weighted by atomic mass is 32.2. The molecule has 2 aliphatic rings. The van der Waals surface area contributed by atoms with Crippen molar-refractivity contribution in [3.63, 3.8) is 0 Å². The number of carbonyl (C=O) groups excluding carboxylic acids is 2. The molecule has 2 fully saturated rings. The van der Waals surface area contributed by atoms with E-state index in [4.69, 9.17) is 0 Å². The molecule has 0 aromatic heterocycles. The molecule has 0 unspecified atom stereocenters. The molecule has 5 heteroatoms. The van der Waals surface area contributed by atoms with E-state index in [2.05, 4.69) is 29.6 Å². The SMILES string of the molecule is O=C1NC(=O)[C@H]([NH+]2CCC(c3ccccc3)CC2)S1. The van der Waals surface area contributed by atoms with Crippen LogP contribution in [-0.2, 0) is 4.79 Å². The largest absolute Gasteiger partial charge is 0.316 e. The van der Waals surface area contributed by atoms with Crippen LogP contribution in [0.5, 0.6) is 0 Å². The lowest BCUT2D eigenvalue weighted by Crippen LogP contribution is -3.17. The number of carbonyl (C=O) groups is 2. The summed E-state index contributed by atoms with van der Waals surface area (Å²) in [5, 5.41) is 1.94. The Bertz CT molecular complexity index is 483. The van der Waals surface area contributed by atoms with Crippen molar-refractivity contribution in [2.45, 2.75) is 24.1 Å². The summed E-state index contributed by atoms with van der Waals surface area (Å²) in [5.74, 6) is 0.471. The third-order valence-corrected chi connectivity index (χ3v) is 5.06. The highest BCUT2D eigenvalue weighted by molar-refractivity contribution is 8.15. The summed E-state index contributed by atoms with van der Waals surface area (Å²) in [6.07, 6.45) is 2.16. The van der Waals surface area contributed by atoms with Crippen LogP contribution in [-0.4, -0.2) is 29.6 Å². The average Bonchev–Trinajstić information content (AvgIpc) is 2.79. The Morgan fingerprint density at radius 1 is 1.11 bits per heavy atom. The van der Waals surface area contributed by atoms with Gasteiger partial charge in [-0.15, -0.1) is 0 Å². The number of nitrogens with one attached hydrogen (secondary N) is 2. The van der Waals surface area contributed by atoms with E-state index < -0.39 is 0 Å². The molecule has 19 heavy (non-hydrogen) atoms. The van der Waals surface area contributed by atoms with E-state index in [0.29, 0.717) is 5.92 Å². The molecule has 1 atom stereocenters. The van der Waals surface area contributed by atoms with Crippen LogP contribution in [0.1, 0.15) is 24.3 Å². The maximum Gasteiger partial charge on any atom is 0.297 e. The summed E-state index contributed by atoms with van der Waals surface area (Å²) in [5.41, 5.74) is 1.39. The van der Waals surface area contributed by atoms with Gasteiger partial charge in [-0.05, 0) is 11.5 Å². The number of amides is 2. The fourth-order valence-corrected chi connectivity index (χ4v) is 3.88. The number of rotatable bonds is 2. The second-order valence-corrected chi connectivity index (χ2v) is 6.20. The van der Waals surface area contributed by atoms with Crippen LogP contribution in [0.3, 0.4) is 0 Å². The third-order valence-electron chi connectivity index (χ3n) is 3.96. The number of quaternary nitrogens is 1. The predicted octanol–water partition coefficient (Wildman–Crippen LogP) is 0.758. The number of benzene rings is 1. The average molecular weight is 277 g/mol. The van der Waals surface area contributed by atoms with Gasteiger partial charge in [-0.1, -0.05) is 30.3 Å². The minimum atomic E-state index is -0.232. The van der Waals surface area contributed by atoms with E-state index >= 15 is 0 Å². The van der Waals surface area contributed by atoms with Crippen molar-refractivity contribution in [1.29, 1.82) is 0 Å². The summed E-state index contributed by atoms with van der Waals surface area (Å²) in [6.45, 7) is 1.91. The van der Waals surface area contributed by atoms with Crippen molar-refractivity contribution in [2.24, 2.45) is 0 Å². The lowest BCUT2D eigenvalue weighted by Gasteiger charge is -2.31. The van der Waals surface area contributed by atoms with Crippen molar-refractivity contribution >= 4 is 22.9 Å². The van der Waals surface area contributed by atoms with E-state index in [9.17, 15) is 9.59 Å². The fraction of sp³-hybridized carbons (Fsp3) is 0.429. The van der Waals surface area contributed by atoms with Crippen LogP contribution in [0, 0.1) is 0 Å². The predicted molar refractivity (Wildman–Crippen MR) is 74.0 cm³/mol. The Hall–Kier alpha value is -1.33. The van der Waals surface area contributed by atoms with Crippen LogP contribution in [0.4, 0.5) is 4.79 Å². The molecule has 100 valence electrons. The number of hydrogen-bond donors (Lipinski definition) is 2. The first-order valence-electron chi connectivity index (χ1n) is 6.65. The van der Waals surface area contributed by atoms with Crippen LogP contribution < -0.4 is 10.2 Å². The van der Waals surface area contributed by atoms with E-state index in [1.807, 2.05) is 6.07 Å². The molecular weight excluding hydrogens is 260 g/mol. The van der Waals surface area contributed by atoms with Crippen molar-refractivity contribution in [3.05, 3.63) is 35.9 Å². The maximum atomic E-state index is 11.7. The molecule has 4 nitrogen and oxygen atoms in total. The summed E-state index contributed by atoms with van der Waals surface area (Å²) < 4.78 is 0. The molecule has 1 aromatic carbocycles. The Morgan fingerprint density at radius 2 is 1.79 bits per heavy atom. The summed E-state index contributed by atoms with van der Waals surface area (Å²) in [7, 11) is 0. The summed E-state index contributed by atoms with van der Waals surface area (Å²) in [6, 6.07) is 10.5. The normalized spacial score (nSPS) is 31.3. The molecule has 3 rings (SSSR count). The highest BCUT2D eigenvalue weighted by Crippen LogP contribution is 2.24. The van der Waals surface area contributed by atoms with Crippen molar-refractivity contribution in [3.8, 4) is 0 Å². The second kappa shape index (κ2) is 5.35. The van der Waals surface area contributed by atoms with Gasteiger partial charge >= 0.3 is 0 Å². The maximum absolute atomic E-state index is 11.7. The van der Waals surface area contributed by atoms with Crippen LogP contribution in [0.2, 0.25) is 0 Å². The van der Waals surface area contributed by atoms with Crippen molar-refractivity contribution in [2.75, 3.05) is 13.1 Å². The Kier molecular flexibility index (Phi) is 3.57. The topological polar surface area (TPSA) is 50.6 Å². The van der Waals surface area contributed by atoms with E-state index in [1.54, 1.807) is 0 Å². The molecule has 2 N–H and O–H groups in total. The molecule has 2 heterocycles. The smallest absolute Gasteiger partial charge is 0.297 e. The molecule has 2 amide bonds. The summed E-state index contributed by atoms with van der Waals surface area (Å²) >= 11 is 1.14. The summed E-state index contributed by atoms with van der Waals surface area (Å²) in [4.78, 5) is 24.1. The van der Waals surface area contributed by atoms with Gasteiger partial charge in [0.2, 0.25) is 5.37 Å². The molecule has 0 saturated carbocycles. The standard InChI is InChI=1S/C14H16N2O2S/c17-12-13(19-14(18)15-12)16-8-6-11(7-9-16)10-4-2-1-3-5-10/h1-5,11,13H,6-9H2,(H,15,17,18)/p+1/t13-/m1/s1. The zero-order valence-electron chi connectivity index (χ0n) is 10.6. The Labute approximate surface area is 116 Å². The van der Waals surface area contributed by atoms with Crippen LogP contribution in [0.25, 0.3) is 0 Å². The zero-order valence-corrected chi connectivity index (χ0v) is 11.4. The zero-order chi connectivity index (χ0) is 13.2. The lowest BCUT2D eigenvalue weighted by atomic mass is 9.89. The van der Waals surface area contributed by atoms with Crippen molar-refractivity contribution < 1.29 is 14.5 Å². The van der Waals surface area contributed by atoms with Gasteiger partial charge in [-0.2, -0.15) is 0 Å². The number of imide groups is 1. The molecule has 2 saturated heterocycles. The van der Waals surface area contributed by atoms with Gasteiger partial charge in [0.05, 0.1) is 13.1 Å². The van der Waals surface area contributed by atoms with Gasteiger partial charge in [0.25, 0.3) is 11.1 Å². The van der Waals surface area contributed by atoms with Gasteiger partial charge in [0.1, 0.15) is 0 Å². The first kappa shape index (κ1) is 12.7. The van der Waals surface area contributed by atoms with Crippen molar-refractivity contribution in [1.82, 2.24) is 5.32 Å². The fourth-order valence-electron chi connectivity index (χ4n) is 2.93. The lowest BCUT2D eigenvalue weighted by molar-refractivity contribution is -0.906. The van der Waals surface area contributed by atoms with E-state index in [0.717, 1.165) is 37.7 Å². The van der Waals surface area contributed by atoms with Gasteiger partial charge in [0.15, 0.2) is 0 Å². The van der Waals surface area contributed by atoms with Gasteiger partial charge in [-0.25, -0.2) is 0 Å². The van der Waals surface area contributed by atoms with E-state index in [1.165, 1.54) is 10.5 Å². The molecule has 0 aliphatic carbocycles. The molecule has 0 radical (unpaired) electrons. The molecule has 2 aliphatic heterocycles. The minimum Gasteiger partial charge on any atom is -0.316 e. The van der Waals surface area contributed by atoms with Gasteiger partial charge in [-0.3, -0.25) is 14.9 Å². The third kappa shape index (κ3) is 2.67. The minimum absolute atomic E-state index is 0.122.